The first kappa shape index (κ1) is 4.52. The lowest BCUT2D eigenvalue weighted by molar-refractivity contribution is 1.25. The Bertz CT molecular complexity index is 187. The van der Waals surface area contributed by atoms with Crippen LogP contribution in [0.4, 0.5) is 0 Å². The van der Waals surface area contributed by atoms with E-state index in [9.17, 15) is 0 Å². The van der Waals surface area contributed by atoms with E-state index in [2.05, 4.69) is 30.1 Å². The van der Waals surface area contributed by atoms with Gasteiger partial charge >= 0.3 is 0 Å². The second-order valence-corrected chi connectivity index (χ2v) is 3.28. The largest absolute Gasteiger partial charge is 0.0864 e. The van der Waals surface area contributed by atoms with Crippen LogP contribution >= 0.6 is 8.58 Å². The highest BCUT2D eigenvalue weighted by Gasteiger charge is 2.16. The second kappa shape index (κ2) is 1.56. The second-order valence-electron chi connectivity index (χ2n) is 2.03. The zero-order valence-corrected chi connectivity index (χ0v) is 5.46. The molecule has 1 aliphatic carbocycles. The van der Waals surface area contributed by atoms with Gasteiger partial charge in [0.05, 0.1) is 0 Å². The lowest BCUT2D eigenvalue weighted by Crippen LogP contribution is -2.07. The van der Waals surface area contributed by atoms with E-state index in [0.29, 0.717) is 0 Å². The van der Waals surface area contributed by atoms with Crippen LogP contribution in [0.3, 0.4) is 0 Å². The van der Waals surface area contributed by atoms with Gasteiger partial charge in [-0.25, -0.2) is 0 Å². The van der Waals surface area contributed by atoms with Gasteiger partial charge in [-0.1, -0.05) is 38.7 Å². The van der Waals surface area contributed by atoms with Gasteiger partial charge in [0.1, 0.15) is 0 Å². The molecule has 0 saturated heterocycles. The Labute approximate surface area is 50.8 Å². The molecule has 0 aromatic heterocycles. The van der Waals surface area contributed by atoms with Crippen LogP contribution < -0.4 is 0 Å². The maximum atomic E-state index is 2.31. The predicted molar refractivity (Wildman–Crippen MR) is 38.5 cm³/mol. The topological polar surface area (TPSA) is 0 Å². The summed E-state index contributed by atoms with van der Waals surface area (Å²) in [4.78, 5) is 0. The summed E-state index contributed by atoms with van der Waals surface area (Å²) < 4.78 is 0. The summed E-state index contributed by atoms with van der Waals surface area (Å²) in [5.41, 5.74) is 2.32. The van der Waals surface area contributed by atoms with Gasteiger partial charge < -0.3 is 0 Å². The number of hydrogen-bond donors (Lipinski definition) is 0. The van der Waals surface area contributed by atoms with E-state index >= 15 is 0 Å². The first-order valence-corrected chi connectivity index (χ1v) is 3.93. The Morgan fingerprint density at radius 1 is 1.38 bits per heavy atom. The molecular weight excluding hydrogens is 115 g/mol. The van der Waals surface area contributed by atoms with E-state index in [1.807, 2.05) is 0 Å². The highest BCUT2D eigenvalue weighted by Crippen LogP contribution is 2.41. The Kier molecular flexibility index (Phi) is 0.884. The van der Waals surface area contributed by atoms with Crippen LogP contribution in [-0.2, 0) is 0 Å². The maximum Gasteiger partial charge on any atom is 0.0231 e. The molecule has 0 fully saturated rings. The van der Waals surface area contributed by atoms with E-state index in [1.54, 1.807) is 0 Å². The Balaban J connectivity index is 2.37. The monoisotopic (exact) mass is 122 g/mol. The highest BCUT2D eigenvalue weighted by atomic mass is 31.1. The molecule has 2 rings (SSSR count). The number of rotatable bonds is 0. The smallest absolute Gasteiger partial charge is 0.0231 e. The number of fused-ring (bicyclic) bond motifs is 1. The van der Waals surface area contributed by atoms with Crippen molar-refractivity contribution in [1.82, 2.24) is 0 Å². The van der Waals surface area contributed by atoms with E-state index in [-0.39, 0.29) is 0 Å². The van der Waals surface area contributed by atoms with Gasteiger partial charge in [0, 0.05) is 5.66 Å². The summed E-state index contributed by atoms with van der Waals surface area (Å²) >= 11 is 0. The van der Waals surface area contributed by atoms with E-state index in [1.165, 1.54) is 5.57 Å². The van der Waals surface area contributed by atoms with Gasteiger partial charge in [-0.15, -0.1) is 0 Å². The van der Waals surface area contributed by atoms with Gasteiger partial charge in [-0.05, 0) is 5.57 Å². The molecule has 1 heteroatoms. The minimum atomic E-state index is 0.806. The van der Waals surface area contributed by atoms with Gasteiger partial charge in [0.15, 0.2) is 0 Å². The van der Waals surface area contributed by atoms with Crippen molar-refractivity contribution in [2.75, 3.05) is 0 Å². The normalized spacial score (nSPS) is 34.0. The Morgan fingerprint density at radius 3 is 2.75 bits per heavy atom. The minimum absolute atomic E-state index is 0.806. The molecule has 1 aliphatic heterocycles. The molecule has 2 aliphatic rings. The molecule has 0 spiro atoms. The molecule has 2 unspecified atom stereocenters. The molecule has 1 heterocycles. The third kappa shape index (κ3) is 0.499. The van der Waals surface area contributed by atoms with Crippen LogP contribution in [0.1, 0.15) is 0 Å². The third-order valence-electron chi connectivity index (χ3n) is 1.49. The van der Waals surface area contributed by atoms with Crippen molar-refractivity contribution >= 4 is 8.58 Å². The summed E-state index contributed by atoms with van der Waals surface area (Å²) in [5.74, 6) is 2.31. The highest BCUT2D eigenvalue weighted by molar-refractivity contribution is 7.45. The first-order chi connectivity index (χ1) is 3.97. The fraction of sp³-hybridized carbons (Fsp3) is 0.143. The molecule has 0 bridgehead atoms. The van der Waals surface area contributed by atoms with Gasteiger partial charge in [0.2, 0.25) is 0 Å². The average Bonchev–Trinajstić information content (AvgIpc) is 1.72. The van der Waals surface area contributed by atoms with Gasteiger partial charge in [-0.2, -0.15) is 0 Å². The average molecular weight is 122 g/mol. The minimum Gasteiger partial charge on any atom is -0.0864 e. The molecule has 0 radical (unpaired) electrons. The molecule has 40 valence electrons. The predicted octanol–water partition coefficient (Wildman–Crippen LogP) is 2.06. The molecule has 0 N–H and O–H groups in total. The zero-order chi connectivity index (χ0) is 5.40. The summed E-state index contributed by atoms with van der Waals surface area (Å²) in [6, 6.07) is 0. The molecular formula is C7H7P. The Morgan fingerprint density at radius 2 is 2.38 bits per heavy atom. The van der Waals surface area contributed by atoms with Crippen LogP contribution in [0.25, 0.3) is 0 Å². The number of allylic oxidation sites excluding steroid dienone is 5. The van der Waals surface area contributed by atoms with E-state index in [0.717, 1.165) is 14.2 Å². The van der Waals surface area contributed by atoms with Crippen LogP contribution in [0.5, 0.6) is 0 Å². The zero-order valence-electron chi connectivity index (χ0n) is 4.46. The Hall–Kier alpha value is -0.350. The van der Waals surface area contributed by atoms with E-state index in [4.69, 9.17) is 0 Å². The van der Waals surface area contributed by atoms with Crippen molar-refractivity contribution in [3.63, 3.8) is 0 Å². The molecule has 8 heavy (non-hydrogen) atoms. The third-order valence-corrected chi connectivity index (χ3v) is 2.88. The quantitative estimate of drug-likeness (QED) is 0.431. The van der Waals surface area contributed by atoms with Crippen LogP contribution in [0, 0.1) is 0 Å². The summed E-state index contributed by atoms with van der Waals surface area (Å²) in [5, 5.41) is 0. The first-order valence-electron chi connectivity index (χ1n) is 2.78. The molecule has 0 amide bonds. The molecule has 2 atom stereocenters. The summed E-state index contributed by atoms with van der Waals surface area (Å²) in [6.07, 6.45) is 8.70. The lowest BCUT2D eigenvalue weighted by Gasteiger charge is -2.23. The maximum absolute atomic E-state index is 2.31. The lowest BCUT2D eigenvalue weighted by atomic mass is 10.1. The van der Waals surface area contributed by atoms with Gasteiger partial charge in [-0.3, -0.25) is 0 Å². The SMILES string of the molecule is C1=CC2=CPC2C=C1. The summed E-state index contributed by atoms with van der Waals surface area (Å²) in [7, 11) is 1.05. The standard InChI is InChI=1S/C7H7P/c1-2-4-7-6(3-1)5-8-7/h1-5,7-8H. The van der Waals surface area contributed by atoms with Gasteiger partial charge in [0.25, 0.3) is 0 Å². The fourth-order valence-corrected chi connectivity index (χ4v) is 1.90. The molecule has 0 saturated carbocycles. The fourth-order valence-electron chi connectivity index (χ4n) is 0.936. The van der Waals surface area contributed by atoms with Crippen molar-refractivity contribution in [3.05, 3.63) is 35.7 Å². The van der Waals surface area contributed by atoms with Crippen molar-refractivity contribution < 1.29 is 0 Å². The number of hydrogen-bond acceptors (Lipinski definition) is 0. The van der Waals surface area contributed by atoms with Crippen LogP contribution in [0.2, 0.25) is 0 Å². The molecule has 0 aromatic carbocycles. The van der Waals surface area contributed by atoms with Crippen LogP contribution in [0.15, 0.2) is 35.7 Å². The molecule has 0 nitrogen and oxygen atoms in total. The van der Waals surface area contributed by atoms with E-state index < -0.39 is 0 Å². The molecule has 0 aromatic rings. The van der Waals surface area contributed by atoms with Crippen LogP contribution in [-0.4, -0.2) is 5.66 Å². The van der Waals surface area contributed by atoms with Crippen molar-refractivity contribution in [2.45, 2.75) is 5.66 Å². The van der Waals surface area contributed by atoms with Crippen molar-refractivity contribution in [3.8, 4) is 0 Å². The van der Waals surface area contributed by atoms with Crippen molar-refractivity contribution in [2.24, 2.45) is 0 Å². The summed E-state index contributed by atoms with van der Waals surface area (Å²) in [6.45, 7) is 0. The van der Waals surface area contributed by atoms with Crippen molar-refractivity contribution in [1.29, 1.82) is 0 Å².